The molecule has 4 nitrogen and oxygen atoms in total. The zero-order valence-electron chi connectivity index (χ0n) is 9.92. The van der Waals surface area contributed by atoms with Crippen LogP contribution in [0, 0.1) is 0 Å². The van der Waals surface area contributed by atoms with Crippen LogP contribution in [0.1, 0.15) is 23.2 Å². The molecule has 2 aromatic rings. The van der Waals surface area contributed by atoms with Crippen LogP contribution in [0.15, 0.2) is 24.5 Å². The van der Waals surface area contributed by atoms with Crippen LogP contribution in [0.4, 0.5) is 13.2 Å². The summed E-state index contributed by atoms with van der Waals surface area (Å²) in [5.41, 5.74) is 1.83. The average Bonchev–Trinajstić information content (AvgIpc) is 2.80. The number of amides is 1. The van der Waals surface area contributed by atoms with Crippen molar-refractivity contribution >= 4 is 16.9 Å². The van der Waals surface area contributed by atoms with E-state index in [-0.39, 0.29) is 13.0 Å². The van der Waals surface area contributed by atoms with Gasteiger partial charge in [0.1, 0.15) is 0 Å². The van der Waals surface area contributed by atoms with Crippen LogP contribution in [0.5, 0.6) is 0 Å². The zero-order valence-corrected chi connectivity index (χ0v) is 9.92. The maximum atomic E-state index is 11.9. The van der Waals surface area contributed by atoms with E-state index in [1.807, 2.05) is 0 Å². The summed E-state index contributed by atoms with van der Waals surface area (Å²) >= 11 is 0. The van der Waals surface area contributed by atoms with E-state index in [0.29, 0.717) is 11.1 Å². The molecule has 0 bridgehead atoms. The molecule has 1 aromatic heterocycles. The molecule has 0 aliphatic rings. The van der Waals surface area contributed by atoms with Crippen molar-refractivity contribution in [2.75, 3.05) is 6.54 Å². The number of hydrogen-bond acceptors (Lipinski definition) is 2. The second kappa shape index (κ2) is 5.29. The van der Waals surface area contributed by atoms with Crippen LogP contribution >= 0.6 is 0 Å². The number of H-pyrrole nitrogens is 1. The van der Waals surface area contributed by atoms with Crippen LogP contribution in [-0.2, 0) is 0 Å². The molecule has 1 amide bonds. The van der Waals surface area contributed by atoms with E-state index in [9.17, 15) is 18.0 Å². The molecule has 1 heterocycles. The number of halogens is 3. The number of carbonyl (C=O) groups excluding carboxylic acids is 1. The summed E-state index contributed by atoms with van der Waals surface area (Å²) in [6.45, 7) is -0.000638. The molecular formula is C12H12F3N3O. The number of hydrogen-bond donors (Lipinski definition) is 2. The summed E-state index contributed by atoms with van der Waals surface area (Å²) in [5, 5.41) is 2.46. The largest absolute Gasteiger partial charge is 0.389 e. The topological polar surface area (TPSA) is 57.8 Å². The van der Waals surface area contributed by atoms with Crippen LogP contribution in [-0.4, -0.2) is 28.6 Å². The maximum Gasteiger partial charge on any atom is 0.389 e. The van der Waals surface area contributed by atoms with Gasteiger partial charge in [-0.25, -0.2) is 4.98 Å². The molecule has 0 atom stereocenters. The minimum absolute atomic E-state index is 0.000638. The van der Waals surface area contributed by atoms with E-state index in [1.165, 1.54) is 6.33 Å². The van der Waals surface area contributed by atoms with Gasteiger partial charge in [0.05, 0.1) is 17.4 Å². The van der Waals surface area contributed by atoms with Gasteiger partial charge in [-0.15, -0.1) is 0 Å². The lowest BCUT2D eigenvalue weighted by atomic mass is 10.2. The van der Waals surface area contributed by atoms with Crippen molar-refractivity contribution in [3.8, 4) is 0 Å². The van der Waals surface area contributed by atoms with Gasteiger partial charge in [-0.2, -0.15) is 13.2 Å². The molecule has 0 spiro atoms. The van der Waals surface area contributed by atoms with Crippen molar-refractivity contribution in [2.24, 2.45) is 0 Å². The highest BCUT2D eigenvalue weighted by Gasteiger charge is 2.25. The minimum atomic E-state index is -4.18. The first-order valence-electron chi connectivity index (χ1n) is 5.74. The number of fused-ring (bicyclic) bond motifs is 1. The summed E-state index contributed by atoms with van der Waals surface area (Å²) in [6.07, 6.45) is -3.69. The first kappa shape index (κ1) is 13.4. The molecule has 0 saturated heterocycles. The maximum absolute atomic E-state index is 11.9. The van der Waals surface area contributed by atoms with Gasteiger partial charge in [0, 0.05) is 18.5 Å². The van der Waals surface area contributed by atoms with Gasteiger partial charge < -0.3 is 10.3 Å². The van der Waals surface area contributed by atoms with Gasteiger partial charge in [-0.1, -0.05) is 0 Å². The summed E-state index contributed by atoms with van der Waals surface area (Å²) in [5.74, 6) is -0.390. The van der Waals surface area contributed by atoms with Crippen molar-refractivity contribution in [1.29, 1.82) is 0 Å². The van der Waals surface area contributed by atoms with Gasteiger partial charge >= 0.3 is 6.18 Å². The lowest BCUT2D eigenvalue weighted by Crippen LogP contribution is -2.25. The van der Waals surface area contributed by atoms with Crippen molar-refractivity contribution in [1.82, 2.24) is 15.3 Å². The highest BCUT2D eigenvalue weighted by molar-refractivity contribution is 5.97. The van der Waals surface area contributed by atoms with E-state index >= 15 is 0 Å². The predicted octanol–water partition coefficient (Wildman–Crippen LogP) is 2.64. The third kappa shape index (κ3) is 3.70. The van der Waals surface area contributed by atoms with Crippen molar-refractivity contribution < 1.29 is 18.0 Å². The Bertz CT molecular complexity index is 577. The summed E-state index contributed by atoms with van der Waals surface area (Å²) in [7, 11) is 0. The first-order chi connectivity index (χ1) is 8.96. The van der Waals surface area contributed by atoms with Gasteiger partial charge in [0.2, 0.25) is 0 Å². The SMILES string of the molecule is O=C(NCCCC(F)(F)F)c1ccc2nc[nH]c2c1. The van der Waals surface area contributed by atoms with E-state index in [2.05, 4.69) is 15.3 Å². The monoisotopic (exact) mass is 271 g/mol. The fourth-order valence-electron chi connectivity index (χ4n) is 1.67. The number of rotatable bonds is 4. The molecule has 7 heteroatoms. The average molecular weight is 271 g/mol. The van der Waals surface area contributed by atoms with Gasteiger partial charge in [0.15, 0.2) is 0 Å². The lowest BCUT2D eigenvalue weighted by Gasteiger charge is -2.07. The molecule has 0 unspecified atom stereocenters. The normalized spacial score (nSPS) is 11.7. The van der Waals surface area contributed by atoms with Crippen LogP contribution < -0.4 is 5.32 Å². The Kier molecular flexibility index (Phi) is 3.73. The number of aromatic amines is 1. The Morgan fingerprint density at radius 1 is 1.37 bits per heavy atom. The number of nitrogens with zero attached hydrogens (tertiary/aromatic N) is 1. The lowest BCUT2D eigenvalue weighted by molar-refractivity contribution is -0.135. The number of benzene rings is 1. The summed E-state index contributed by atoms with van der Waals surface area (Å²) < 4.78 is 35.8. The molecular weight excluding hydrogens is 259 g/mol. The second-order valence-corrected chi connectivity index (χ2v) is 4.11. The van der Waals surface area contributed by atoms with E-state index in [0.717, 1.165) is 5.52 Å². The Labute approximate surface area is 107 Å². The van der Waals surface area contributed by atoms with Crippen LogP contribution in [0.2, 0.25) is 0 Å². The molecule has 2 rings (SSSR count). The van der Waals surface area contributed by atoms with Crippen molar-refractivity contribution in [3.63, 3.8) is 0 Å². The molecule has 2 N–H and O–H groups in total. The van der Waals surface area contributed by atoms with Gasteiger partial charge in [0.25, 0.3) is 5.91 Å². The van der Waals surface area contributed by atoms with Crippen LogP contribution in [0.3, 0.4) is 0 Å². The number of nitrogens with one attached hydrogen (secondary N) is 2. The number of aromatic nitrogens is 2. The second-order valence-electron chi connectivity index (χ2n) is 4.11. The number of alkyl halides is 3. The zero-order chi connectivity index (χ0) is 13.9. The van der Waals surface area contributed by atoms with E-state index < -0.39 is 18.5 Å². The fraction of sp³-hybridized carbons (Fsp3) is 0.333. The molecule has 1 aromatic carbocycles. The standard InChI is InChI=1S/C12H12F3N3O/c13-12(14,15)4-1-5-16-11(19)8-2-3-9-10(6-8)18-7-17-9/h2-3,6-7H,1,4-5H2,(H,16,19)(H,17,18). The molecule has 0 radical (unpaired) electrons. The molecule has 102 valence electrons. The first-order valence-corrected chi connectivity index (χ1v) is 5.74. The highest BCUT2D eigenvalue weighted by atomic mass is 19.4. The highest BCUT2D eigenvalue weighted by Crippen LogP contribution is 2.20. The Hall–Kier alpha value is -2.05. The quantitative estimate of drug-likeness (QED) is 0.840. The Morgan fingerprint density at radius 2 is 2.16 bits per heavy atom. The predicted molar refractivity (Wildman–Crippen MR) is 63.7 cm³/mol. The molecule has 0 aliphatic heterocycles. The van der Waals surface area contributed by atoms with Gasteiger partial charge in [-0.05, 0) is 24.6 Å². The van der Waals surface area contributed by atoms with Crippen molar-refractivity contribution in [3.05, 3.63) is 30.1 Å². The van der Waals surface area contributed by atoms with E-state index in [1.54, 1.807) is 18.2 Å². The fourth-order valence-corrected chi connectivity index (χ4v) is 1.67. The number of carbonyl (C=O) groups is 1. The van der Waals surface area contributed by atoms with Gasteiger partial charge in [-0.3, -0.25) is 4.79 Å². The third-order valence-corrected chi connectivity index (χ3v) is 2.61. The Balaban J connectivity index is 1.89. The molecule has 0 aliphatic carbocycles. The summed E-state index contributed by atoms with van der Waals surface area (Å²) in [6, 6.07) is 4.88. The molecule has 0 saturated carbocycles. The van der Waals surface area contributed by atoms with Crippen molar-refractivity contribution in [2.45, 2.75) is 19.0 Å². The van der Waals surface area contributed by atoms with E-state index in [4.69, 9.17) is 0 Å². The Morgan fingerprint density at radius 3 is 2.89 bits per heavy atom. The molecule has 19 heavy (non-hydrogen) atoms. The molecule has 0 fully saturated rings. The van der Waals surface area contributed by atoms with Crippen LogP contribution in [0.25, 0.3) is 11.0 Å². The summed E-state index contributed by atoms with van der Waals surface area (Å²) in [4.78, 5) is 18.6. The number of imidazole rings is 1. The minimum Gasteiger partial charge on any atom is -0.352 e. The smallest absolute Gasteiger partial charge is 0.352 e. The third-order valence-electron chi connectivity index (χ3n) is 2.61.